The summed E-state index contributed by atoms with van der Waals surface area (Å²) in [5, 5.41) is 1.45. The third kappa shape index (κ3) is 3.90. The fraction of sp³-hybridized carbons (Fsp3) is 0.636. The van der Waals surface area contributed by atoms with Crippen molar-refractivity contribution in [2.24, 2.45) is 0 Å². The number of carbonyl (C=O) groups is 1. The van der Waals surface area contributed by atoms with Crippen LogP contribution in [0.2, 0.25) is 0 Å². The van der Waals surface area contributed by atoms with Crippen molar-refractivity contribution in [3.63, 3.8) is 0 Å². The quantitative estimate of drug-likeness (QED) is 0.859. The van der Waals surface area contributed by atoms with Gasteiger partial charge in [0.25, 0.3) is 5.91 Å². The standard InChI is InChI=1S/C11H13F3N2O2S/c12-11(13,14)6-16(8-2-1-3-18-4-8)10(17)9-5-19-7-15-9/h5,7-8H,1-4,6H2. The van der Waals surface area contributed by atoms with E-state index in [2.05, 4.69) is 4.98 Å². The van der Waals surface area contributed by atoms with Crippen LogP contribution in [0.15, 0.2) is 10.9 Å². The van der Waals surface area contributed by atoms with Crippen LogP contribution < -0.4 is 0 Å². The molecule has 0 N–H and O–H groups in total. The van der Waals surface area contributed by atoms with Gasteiger partial charge in [0.1, 0.15) is 12.2 Å². The van der Waals surface area contributed by atoms with Crippen molar-refractivity contribution < 1.29 is 22.7 Å². The van der Waals surface area contributed by atoms with Crippen LogP contribution in [0.3, 0.4) is 0 Å². The van der Waals surface area contributed by atoms with Gasteiger partial charge in [-0.15, -0.1) is 11.3 Å². The van der Waals surface area contributed by atoms with E-state index in [0.29, 0.717) is 19.4 Å². The number of hydrogen-bond donors (Lipinski definition) is 0. The molecular weight excluding hydrogens is 281 g/mol. The molecule has 1 saturated heterocycles. The molecule has 19 heavy (non-hydrogen) atoms. The molecule has 106 valence electrons. The SMILES string of the molecule is O=C(c1cscn1)N(CC(F)(F)F)C1CCCOC1. The Morgan fingerprint density at radius 3 is 2.89 bits per heavy atom. The summed E-state index contributed by atoms with van der Waals surface area (Å²) in [6, 6.07) is -0.537. The number of carbonyl (C=O) groups excluding carboxylic acids is 1. The number of halogens is 3. The van der Waals surface area contributed by atoms with Crippen molar-refractivity contribution in [1.29, 1.82) is 0 Å². The van der Waals surface area contributed by atoms with E-state index in [4.69, 9.17) is 4.74 Å². The molecule has 1 fully saturated rings. The summed E-state index contributed by atoms with van der Waals surface area (Å²) in [4.78, 5) is 16.7. The highest BCUT2D eigenvalue weighted by atomic mass is 32.1. The van der Waals surface area contributed by atoms with Crippen molar-refractivity contribution in [2.75, 3.05) is 19.8 Å². The lowest BCUT2D eigenvalue weighted by Crippen LogP contribution is -2.49. The number of amides is 1. The van der Waals surface area contributed by atoms with Gasteiger partial charge in [-0.2, -0.15) is 13.2 Å². The lowest BCUT2D eigenvalue weighted by Gasteiger charge is -2.34. The Morgan fingerprint density at radius 1 is 1.58 bits per heavy atom. The molecule has 0 aliphatic carbocycles. The first-order valence-electron chi connectivity index (χ1n) is 5.81. The van der Waals surface area contributed by atoms with Crippen LogP contribution >= 0.6 is 11.3 Å². The largest absolute Gasteiger partial charge is 0.406 e. The van der Waals surface area contributed by atoms with Crippen LogP contribution in [0.25, 0.3) is 0 Å². The Kier molecular flexibility index (Phi) is 4.41. The monoisotopic (exact) mass is 294 g/mol. The molecule has 1 aromatic rings. The van der Waals surface area contributed by atoms with Crippen LogP contribution in [-0.4, -0.2) is 47.8 Å². The average Bonchev–Trinajstić information content (AvgIpc) is 2.89. The molecule has 2 heterocycles. The normalized spacial score (nSPS) is 20.3. The highest BCUT2D eigenvalue weighted by molar-refractivity contribution is 7.07. The number of hydrogen-bond acceptors (Lipinski definition) is 4. The number of alkyl halides is 3. The van der Waals surface area contributed by atoms with Gasteiger partial charge in [-0.1, -0.05) is 0 Å². The second kappa shape index (κ2) is 5.87. The van der Waals surface area contributed by atoms with E-state index in [1.807, 2.05) is 0 Å². The van der Waals surface area contributed by atoms with Gasteiger partial charge < -0.3 is 9.64 Å². The van der Waals surface area contributed by atoms with Gasteiger partial charge in [0.05, 0.1) is 18.2 Å². The number of thiazole rings is 1. The van der Waals surface area contributed by atoms with E-state index >= 15 is 0 Å². The zero-order valence-corrected chi connectivity index (χ0v) is 10.8. The Morgan fingerprint density at radius 2 is 2.37 bits per heavy atom. The molecule has 1 amide bonds. The average molecular weight is 294 g/mol. The highest BCUT2D eigenvalue weighted by Crippen LogP contribution is 2.23. The highest BCUT2D eigenvalue weighted by Gasteiger charge is 2.38. The van der Waals surface area contributed by atoms with E-state index in [9.17, 15) is 18.0 Å². The molecule has 0 spiro atoms. The van der Waals surface area contributed by atoms with Gasteiger partial charge in [0, 0.05) is 12.0 Å². The molecule has 1 aliphatic heterocycles. The summed E-state index contributed by atoms with van der Waals surface area (Å²) in [6.07, 6.45) is -3.25. The van der Waals surface area contributed by atoms with Gasteiger partial charge in [0.2, 0.25) is 0 Å². The molecular formula is C11H13F3N2O2S. The number of ether oxygens (including phenoxy) is 1. The maximum atomic E-state index is 12.6. The minimum atomic E-state index is -4.43. The Bertz CT molecular complexity index is 416. The Hall–Kier alpha value is -1.15. The van der Waals surface area contributed by atoms with E-state index in [0.717, 1.165) is 4.90 Å². The zero-order chi connectivity index (χ0) is 13.9. The zero-order valence-electron chi connectivity index (χ0n) is 10.0. The van der Waals surface area contributed by atoms with Gasteiger partial charge in [-0.3, -0.25) is 4.79 Å². The maximum absolute atomic E-state index is 12.6. The smallest absolute Gasteiger partial charge is 0.379 e. The second-order valence-electron chi connectivity index (χ2n) is 4.29. The first-order valence-corrected chi connectivity index (χ1v) is 6.75. The molecule has 2 rings (SSSR count). The van der Waals surface area contributed by atoms with Gasteiger partial charge in [-0.25, -0.2) is 4.98 Å². The predicted octanol–water partition coefficient (Wildman–Crippen LogP) is 2.33. The van der Waals surface area contributed by atoms with Crippen LogP contribution in [0.5, 0.6) is 0 Å². The maximum Gasteiger partial charge on any atom is 0.406 e. The number of rotatable bonds is 3. The molecule has 0 aromatic carbocycles. The van der Waals surface area contributed by atoms with Crippen molar-refractivity contribution in [2.45, 2.75) is 25.1 Å². The van der Waals surface area contributed by atoms with Crippen LogP contribution in [0, 0.1) is 0 Å². The third-order valence-electron chi connectivity index (χ3n) is 2.84. The summed E-state index contributed by atoms with van der Waals surface area (Å²) in [6.45, 7) is -0.593. The fourth-order valence-corrected chi connectivity index (χ4v) is 2.52. The molecule has 1 aliphatic rings. The molecule has 8 heteroatoms. The van der Waals surface area contributed by atoms with E-state index in [-0.39, 0.29) is 12.3 Å². The molecule has 1 aromatic heterocycles. The molecule has 4 nitrogen and oxygen atoms in total. The van der Waals surface area contributed by atoms with Crippen molar-refractivity contribution in [3.05, 3.63) is 16.6 Å². The van der Waals surface area contributed by atoms with Crippen molar-refractivity contribution in [3.8, 4) is 0 Å². The van der Waals surface area contributed by atoms with E-state index in [1.54, 1.807) is 0 Å². The summed E-state index contributed by atoms with van der Waals surface area (Å²) < 4.78 is 43.0. The van der Waals surface area contributed by atoms with Crippen molar-refractivity contribution >= 4 is 17.2 Å². The van der Waals surface area contributed by atoms with Gasteiger partial charge in [0.15, 0.2) is 0 Å². The predicted molar refractivity (Wildman–Crippen MR) is 63.0 cm³/mol. The molecule has 0 radical (unpaired) electrons. The molecule has 1 atom stereocenters. The number of aromatic nitrogens is 1. The van der Waals surface area contributed by atoms with Crippen molar-refractivity contribution in [1.82, 2.24) is 9.88 Å². The minimum Gasteiger partial charge on any atom is -0.379 e. The lowest BCUT2D eigenvalue weighted by molar-refractivity contribution is -0.148. The fourth-order valence-electron chi connectivity index (χ4n) is 1.99. The lowest BCUT2D eigenvalue weighted by atomic mass is 10.1. The molecule has 0 bridgehead atoms. The van der Waals surface area contributed by atoms with Crippen LogP contribution in [0.1, 0.15) is 23.3 Å². The van der Waals surface area contributed by atoms with Gasteiger partial charge >= 0.3 is 6.18 Å². The third-order valence-corrected chi connectivity index (χ3v) is 3.43. The van der Waals surface area contributed by atoms with E-state index < -0.39 is 24.7 Å². The first kappa shape index (κ1) is 14.3. The van der Waals surface area contributed by atoms with E-state index in [1.165, 1.54) is 22.2 Å². The topological polar surface area (TPSA) is 42.4 Å². The Balaban J connectivity index is 2.15. The number of nitrogens with zero attached hydrogens (tertiary/aromatic N) is 2. The summed E-state index contributed by atoms with van der Waals surface area (Å²) in [7, 11) is 0. The van der Waals surface area contributed by atoms with Crippen LogP contribution in [0.4, 0.5) is 13.2 Å². The first-order chi connectivity index (χ1) is 8.97. The molecule has 0 saturated carbocycles. The van der Waals surface area contributed by atoms with Crippen LogP contribution in [-0.2, 0) is 4.74 Å². The minimum absolute atomic E-state index is 0.0554. The molecule has 1 unspecified atom stereocenters. The second-order valence-corrected chi connectivity index (χ2v) is 5.01. The van der Waals surface area contributed by atoms with Gasteiger partial charge in [-0.05, 0) is 12.8 Å². The summed E-state index contributed by atoms with van der Waals surface area (Å²) in [5.74, 6) is -0.686. The summed E-state index contributed by atoms with van der Waals surface area (Å²) in [5.41, 5.74) is 1.48. The Labute approximate surface area is 112 Å². The summed E-state index contributed by atoms with van der Waals surface area (Å²) >= 11 is 1.18.